The Kier molecular flexibility index (Phi) is 7.25. The number of rotatable bonds is 9. The van der Waals surface area contributed by atoms with E-state index >= 15 is 0 Å². The molecule has 0 aliphatic carbocycles. The summed E-state index contributed by atoms with van der Waals surface area (Å²) in [5, 5.41) is 11.3. The number of nitrogens with one attached hydrogen (secondary N) is 1. The Bertz CT molecular complexity index is 459. The van der Waals surface area contributed by atoms with Crippen LogP contribution >= 0.6 is 0 Å². The SMILES string of the molecule is CC(CCN)CCC(=O)Nc1ccc(OCC(=O)O)cc1. The lowest BCUT2D eigenvalue weighted by molar-refractivity contribution is -0.139. The van der Waals surface area contributed by atoms with Gasteiger partial charge >= 0.3 is 5.97 Å². The third-order valence-corrected chi connectivity index (χ3v) is 3.02. The van der Waals surface area contributed by atoms with Crippen molar-refractivity contribution >= 4 is 17.6 Å². The number of aliphatic carboxylic acids is 1. The Morgan fingerprint density at radius 1 is 1.29 bits per heavy atom. The smallest absolute Gasteiger partial charge is 0.341 e. The van der Waals surface area contributed by atoms with Crippen LogP contribution in [0, 0.1) is 5.92 Å². The summed E-state index contributed by atoms with van der Waals surface area (Å²) in [7, 11) is 0. The highest BCUT2D eigenvalue weighted by atomic mass is 16.5. The summed E-state index contributed by atoms with van der Waals surface area (Å²) in [6.07, 6.45) is 2.18. The van der Waals surface area contributed by atoms with E-state index in [4.69, 9.17) is 15.6 Å². The van der Waals surface area contributed by atoms with E-state index in [0.717, 1.165) is 12.8 Å². The van der Waals surface area contributed by atoms with Gasteiger partial charge < -0.3 is 20.9 Å². The van der Waals surface area contributed by atoms with Crippen molar-refractivity contribution < 1.29 is 19.4 Å². The summed E-state index contributed by atoms with van der Waals surface area (Å²) < 4.78 is 5.01. The summed E-state index contributed by atoms with van der Waals surface area (Å²) in [5.41, 5.74) is 6.13. The number of carboxylic acid groups (broad SMARTS) is 1. The van der Waals surface area contributed by atoms with E-state index in [1.165, 1.54) is 0 Å². The number of anilines is 1. The Hall–Kier alpha value is -2.08. The van der Waals surface area contributed by atoms with Gasteiger partial charge in [0.15, 0.2) is 6.61 Å². The minimum atomic E-state index is -1.03. The van der Waals surface area contributed by atoms with Gasteiger partial charge in [-0.2, -0.15) is 0 Å². The van der Waals surface area contributed by atoms with E-state index in [-0.39, 0.29) is 12.5 Å². The third-order valence-electron chi connectivity index (χ3n) is 3.02. The molecule has 0 saturated carbocycles. The molecule has 1 aromatic carbocycles. The number of hydrogen-bond donors (Lipinski definition) is 3. The van der Waals surface area contributed by atoms with E-state index in [1.807, 2.05) is 0 Å². The predicted molar refractivity (Wildman–Crippen MR) is 80.3 cm³/mol. The summed E-state index contributed by atoms with van der Waals surface area (Å²) in [5.74, 6) is -0.184. The molecule has 0 fully saturated rings. The maximum Gasteiger partial charge on any atom is 0.341 e. The third kappa shape index (κ3) is 7.31. The summed E-state index contributed by atoms with van der Waals surface area (Å²) in [6.45, 7) is 2.33. The normalized spacial score (nSPS) is 11.7. The number of carbonyl (C=O) groups excluding carboxylic acids is 1. The number of ether oxygens (including phenoxy) is 1. The molecule has 0 saturated heterocycles. The number of hydrogen-bond acceptors (Lipinski definition) is 4. The summed E-state index contributed by atoms with van der Waals surface area (Å²) in [6, 6.07) is 6.60. The topological polar surface area (TPSA) is 102 Å². The molecule has 1 atom stereocenters. The van der Waals surface area contributed by atoms with Crippen LogP contribution in [0.3, 0.4) is 0 Å². The van der Waals surface area contributed by atoms with Gasteiger partial charge in [0.2, 0.25) is 5.91 Å². The number of carboxylic acids is 1. The van der Waals surface area contributed by atoms with Crippen molar-refractivity contribution in [3.05, 3.63) is 24.3 Å². The Balaban J connectivity index is 2.37. The Morgan fingerprint density at radius 2 is 1.95 bits per heavy atom. The van der Waals surface area contributed by atoms with Gasteiger partial charge in [0.05, 0.1) is 0 Å². The molecule has 1 amide bonds. The Morgan fingerprint density at radius 3 is 2.52 bits per heavy atom. The van der Waals surface area contributed by atoms with Gasteiger partial charge in [-0.05, 0) is 49.6 Å². The lowest BCUT2D eigenvalue weighted by Crippen LogP contribution is -2.14. The average molecular weight is 294 g/mol. The maximum atomic E-state index is 11.8. The lowest BCUT2D eigenvalue weighted by atomic mass is 10.0. The van der Waals surface area contributed by atoms with Gasteiger partial charge in [-0.3, -0.25) is 4.79 Å². The molecule has 0 aromatic heterocycles. The number of amides is 1. The minimum absolute atomic E-state index is 0.0434. The molecule has 6 nitrogen and oxygen atoms in total. The summed E-state index contributed by atoms with van der Waals surface area (Å²) in [4.78, 5) is 22.1. The van der Waals surface area contributed by atoms with Crippen molar-refractivity contribution in [2.24, 2.45) is 11.7 Å². The van der Waals surface area contributed by atoms with Crippen molar-refractivity contribution in [2.75, 3.05) is 18.5 Å². The molecular weight excluding hydrogens is 272 g/mol. The first-order valence-corrected chi connectivity index (χ1v) is 6.96. The molecule has 21 heavy (non-hydrogen) atoms. The average Bonchev–Trinajstić information content (AvgIpc) is 2.45. The van der Waals surface area contributed by atoms with Crippen LogP contribution in [-0.4, -0.2) is 30.1 Å². The number of nitrogens with two attached hydrogens (primary N) is 1. The van der Waals surface area contributed by atoms with Crippen LogP contribution in [0.15, 0.2) is 24.3 Å². The Labute approximate surface area is 124 Å². The standard InChI is InChI=1S/C15H22N2O4/c1-11(8-9-16)2-7-14(18)17-12-3-5-13(6-4-12)21-10-15(19)20/h3-6,11H,2,7-10,16H2,1H3,(H,17,18)(H,19,20). The first kappa shape index (κ1) is 17.0. The molecule has 6 heteroatoms. The van der Waals surface area contributed by atoms with E-state index in [9.17, 15) is 9.59 Å². The van der Waals surface area contributed by atoms with Crippen molar-refractivity contribution in [1.29, 1.82) is 0 Å². The molecule has 116 valence electrons. The number of benzene rings is 1. The van der Waals surface area contributed by atoms with Crippen LogP contribution in [0.4, 0.5) is 5.69 Å². The van der Waals surface area contributed by atoms with Gasteiger partial charge in [0, 0.05) is 12.1 Å². The molecule has 0 aliphatic heterocycles. The second-order valence-corrected chi connectivity index (χ2v) is 4.98. The zero-order valence-corrected chi connectivity index (χ0v) is 12.2. The molecule has 0 spiro atoms. The molecule has 1 unspecified atom stereocenters. The van der Waals surface area contributed by atoms with Crippen molar-refractivity contribution in [1.82, 2.24) is 0 Å². The molecular formula is C15H22N2O4. The van der Waals surface area contributed by atoms with Crippen LogP contribution in [0.2, 0.25) is 0 Å². The minimum Gasteiger partial charge on any atom is -0.482 e. The van der Waals surface area contributed by atoms with Crippen molar-refractivity contribution in [2.45, 2.75) is 26.2 Å². The fourth-order valence-corrected chi connectivity index (χ4v) is 1.81. The van der Waals surface area contributed by atoms with E-state index < -0.39 is 5.97 Å². The fraction of sp³-hybridized carbons (Fsp3) is 0.467. The second-order valence-electron chi connectivity index (χ2n) is 4.98. The lowest BCUT2D eigenvalue weighted by Gasteiger charge is -2.10. The molecule has 1 rings (SSSR count). The van der Waals surface area contributed by atoms with Gasteiger partial charge in [0.1, 0.15) is 5.75 Å². The van der Waals surface area contributed by atoms with Crippen molar-refractivity contribution in [3.63, 3.8) is 0 Å². The van der Waals surface area contributed by atoms with Gasteiger partial charge in [0.25, 0.3) is 0 Å². The molecule has 4 N–H and O–H groups in total. The molecule has 1 aromatic rings. The van der Waals surface area contributed by atoms with Crippen LogP contribution in [0.1, 0.15) is 26.2 Å². The fourth-order valence-electron chi connectivity index (χ4n) is 1.81. The highest BCUT2D eigenvalue weighted by Crippen LogP contribution is 2.16. The van der Waals surface area contributed by atoms with E-state index in [0.29, 0.717) is 30.3 Å². The number of carbonyl (C=O) groups is 2. The molecule has 0 heterocycles. The molecule has 0 radical (unpaired) electrons. The van der Waals surface area contributed by atoms with E-state index in [2.05, 4.69) is 12.2 Å². The van der Waals surface area contributed by atoms with Crippen LogP contribution in [0.25, 0.3) is 0 Å². The zero-order chi connectivity index (χ0) is 15.7. The van der Waals surface area contributed by atoms with Gasteiger partial charge in [-0.1, -0.05) is 6.92 Å². The van der Waals surface area contributed by atoms with Gasteiger partial charge in [-0.15, -0.1) is 0 Å². The highest BCUT2D eigenvalue weighted by Gasteiger charge is 2.07. The second kappa shape index (κ2) is 8.97. The first-order valence-electron chi connectivity index (χ1n) is 6.96. The highest BCUT2D eigenvalue weighted by molar-refractivity contribution is 5.90. The van der Waals surface area contributed by atoms with E-state index in [1.54, 1.807) is 24.3 Å². The van der Waals surface area contributed by atoms with Crippen LogP contribution in [-0.2, 0) is 9.59 Å². The molecule has 0 aliphatic rings. The van der Waals surface area contributed by atoms with Gasteiger partial charge in [-0.25, -0.2) is 4.79 Å². The predicted octanol–water partition coefficient (Wildman–Crippen LogP) is 1.85. The van der Waals surface area contributed by atoms with Crippen LogP contribution in [0.5, 0.6) is 5.75 Å². The first-order chi connectivity index (χ1) is 10.0. The zero-order valence-electron chi connectivity index (χ0n) is 12.2. The monoisotopic (exact) mass is 294 g/mol. The maximum absolute atomic E-state index is 11.8. The largest absolute Gasteiger partial charge is 0.482 e. The molecule has 0 bridgehead atoms. The van der Waals surface area contributed by atoms with Crippen molar-refractivity contribution in [3.8, 4) is 5.75 Å². The van der Waals surface area contributed by atoms with Crippen LogP contribution < -0.4 is 15.8 Å². The quantitative estimate of drug-likeness (QED) is 0.645. The summed E-state index contributed by atoms with van der Waals surface area (Å²) >= 11 is 0.